The number of hydrogen-bond acceptors (Lipinski definition) is 9. The van der Waals surface area contributed by atoms with E-state index in [-0.39, 0.29) is 19.4 Å². The molecule has 55 heavy (non-hydrogen) atoms. The van der Waals surface area contributed by atoms with Crippen LogP contribution in [-0.4, -0.2) is 59.9 Å². The average molecular weight is 794 g/mol. The van der Waals surface area contributed by atoms with Crippen LogP contribution < -0.4 is 5.73 Å². The third-order valence-corrected chi connectivity index (χ3v) is 9.15. The molecule has 0 aliphatic heterocycles. The van der Waals surface area contributed by atoms with Crippen molar-refractivity contribution >= 4 is 25.7 Å². The molecule has 0 aromatic heterocycles. The molecule has 0 radical (unpaired) electrons. The first-order chi connectivity index (χ1) is 26.6. The number of phosphoric ester groups is 1. The Morgan fingerprint density at radius 3 is 1.60 bits per heavy atom. The molecule has 0 spiro atoms. The summed E-state index contributed by atoms with van der Waals surface area (Å²) in [4.78, 5) is 45.8. The summed E-state index contributed by atoms with van der Waals surface area (Å²) in [5, 5.41) is 8.87. The van der Waals surface area contributed by atoms with E-state index >= 15 is 0 Å². The standard InChI is InChI=1S/C43H72NO10P/c1-3-5-7-9-11-13-15-17-18-19-20-21-23-24-26-28-30-32-34-41(45)51-36-39(37-52-55(49,50)53-38-40(44)43(47)48)54-42(46)35-33-31-29-27-25-22-16-14-12-10-8-6-4-2/h6,8,12-15,18-19,22,25,29,31,39-40H,3-5,7,9-11,16-17,20-21,23-24,26-28,30,32-38,44H2,1-2H3,(H,47,48)(H,49,50)/b8-6-,14-12-,15-13-,19-18-,25-22-,31-29-. The molecule has 0 aromatic rings. The van der Waals surface area contributed by atoms with E-state index in [1.165, 1.54) is 44.9 Å². The summed E-state index contributed by atoms with van der Waals surface area (Å²) >= 11 is 0. The first-order valence-electron chi connectivity index (χ1n) is 20.5. The van der Waals surface area contributed by atoms with Crippen molar-refractivity contribution in [3.63, 3.8) is 0 Å². The molecule has 0 aromatic carbocycles. The van der Waals surface area contributed by atoms with Gasteiger partial charge < -0.3 is 25.2 Å². The van der Waals surface area contributed by atoms with Crippen LogP contribution in [0.25, 0.3) is 0 Å². The van der Waals surface area contributed by atoms with E-state index < -0.39 is 51.1 Å². The Bertz CT molecular complexity index is 1210. The lowest BCUT2D eigenvalue weighted by molar-refractivity contribution is -0.161. The molecule has 0 fully saturated rings. The van der Waals surface area contributed by atoms with Crippen LogP contribution in [0.4, 0.5) is 0 Å². The van der Waals surface area contributed by atoms with Crippen LogP contribution in [0.1, 0.15) is 149 Å². The molecule has 3 atom stereocenters. The van der Waals surface area contributed by atoms with Gasteiger partial charge >= 0.3 is 25.7 Å². The fourth-order valence-electron chi connectivity index (χ4n) is 4.99. The number of ether oxygens (including phenoxy) is 2. The molecule has 0 bridgehead atoms. The lowest BCUT2D eigenvalue weighted by atomic mass is 10.1. The maximum absolute atomic E-state index is 12.5. The molecule has 0 saturated heterocycles. The average Bonchev–Trinajstić information content (AvgIpc) is 3.16. The second kappa shape index (κ2) is 37.8. The van der Waals surface area contributed by atoms with Gasteiger partial charge in [0, 0.05) is 12.8 Å². The van der Waals surface area contributed by atoms with E-state index in [1.807, 2.05) is 18.2 Å². The predicted octanol–water partition coefficient (Wildman–Crippen LogP) is 10.6. The maximum atomic E-state index is 12.5. The molecule has 4 N–H and O–H groups in total. The van der Waals surface area contributed by atoms with Crippen molar-refractivity contribution in [2.24, 2.45) is 5.73 Å². The number of aliphatic carboxylic acids is 1. The monoisotopic (exact) mass is 793 g/mol. The third kappa shape index (κ3) is 37.6. The summed E-state index contributed by atoms with van der Waals surface area (Å²) in [6, 6.07) is -1.54. The second-order valence-electron chi connectivity index (χ2n) is 13.4. The summed E-state index contributed by atoms with van der Waals surface area (Å²) in [5.74, 6) is -2.50. The number of esters is 2. The highest BCUT2D eigenvalue weighted by atomic mass is 31.2. The normalized spacial score (nSPS) is 14.5. The van der Waals surface area contributed by atoms with Gasteiger partial charge in [-0.15, -0.1) is 0 Å². The number of phosphoric acid groups is 1. The molecule has 0 heterocycles. The van der Waals surface area contributed by atoms with Gasteiger partial charge in [0.25, 0.3) is 0 Å². The number of carbonyl (C=O) groups is 3. The minimum Gasteiger partial charge on any atom is -0.480 e. The van der Waals surface area contributed by atoms with Crippen LogP contribution in [0.3, 0.4) is 0 Å². The number of nitrogens with two attached hydrogens (primary N) is 1. The third-order valence-electron chi connectivity index (χ3n) is 8.20. The van der Waals surface area contributed by atoms with E-state index in [4.69, 9.17) is 24.8 Å². The van der Waals surface area contributed by atoms with E-state index in [2.05, 4.69) is 73.1 Å². The Morgan fingerprint density at radius 1 is 0.582 bits per heavy atom. The summed E-state index contributed by atoms with van der Waals surface area (Å²) in [6.45, 7) is 2.56. The Morgan fingerprint density at radius 2 is 1.05 bits per heavy atom. The fraction of sp³-hybridized carbons (Fsp3) is 0.651. The molecular formula is C43H72NO10P. The Balaban J connectivity index is 4.48. The van der Waals surface area contributed by atoms with Crippen LogP contribution in [0, 0.1) is 0 Å². The van der Waals surface area contributed by atoms with Gasteiger partial charge in [0.2, 0.25) is 0 Å². The van der Waals surface area contributed by atoms with Crippen molar-refractivity contribution in [1.82, 2.24) is 0 Å². The minimum atomic E-state index is -4.74. The molecule has 0 rings (SSSR count). The molecule has 0 aliphatic carbocycles. The summed E-state index contributed by atoms with van der Waals surface area (Å²) in [7, 11) is -4.74. The molecular weight excluding hydrogens is 721 g/mol. The van der Waals surface area contributed by atoms with Crippen LogP contribution in [0.15, 0.2) is 72.9 Å². The van der Waals surface area contributed by atoms with Gasteiger partial charge in [0.05, 0.1) is 13.2 Å². The van der Waals surface area contributed by atoms with Gasteiger partial charge in [-0.3, -0.25) is 23.4 Å². The zero-order valence-corrected chi connectivity index (χ0v) is 34.6. The Hall–Kier alpha value is -3.08. The molecule has 314 valence electrons. The lowest BCUT2D eigenvalue weighted by Crippen LogP contribution is -2.34. The second-order valence-corrected chi connectivity index (χ2v) is 14.8. The molecule has 0 saturated carbocycles. The van der Waals surface area contributed by atoms with E-state index in [0.29, 0.717) is 12.8 Å². The quantitative estimate of drug-likeness (QED) is 0.0236. The number of carbonyl (C=O) groups excluding carboxylic acids is 2. The predicted molar refractivity (Wildman–Crippen MR) is 221 cm³/mol. The summed E-state index contributed by atoms with van der Waals surface area (Å²) < 4.78 is 32.5. The van der Waals surface area contributed by atoms with E-state index in [9.17, 15) is 23.8 Å². The van der Waals surface area contributed by atoms with Gasteiger partial charge in [0.1, 0.15) is 12.6 Å². The minimum absolute atomic E-state index is 0.0348. The number of rotatable bonds is 37. The van der Waals surface area contributed by atoms with E-state index in [0.717, 1.165) is 64.2 Å². The highest BCUT2D eigenvalue weighted by Crippen LogP contribution is 2.43. The van der Waals surface area contributed by atoms with Crippen LogP contribution >= 0.6 is 7.82 Å². The molecule has 3 unspecified atom stereocenters. The van der Waals surface area contributed by atoms with Crippen LogP contribution in [-0.2, 0) is 37.5 Å². The van der Waals surface area contributed by atoms with E-state index in [1.54, 1.807) is 0 Å². The smallest absolute Gasteiger partial charge is 0.472 e. The van der Waals surface area contributed by atoms with Crippen LogP contribution in [0.5, 0.6) is 0 Å². The summed E-state index contributed by atoms with van der Waals surface area (Å²) in [5.41, 5.74) is 5.32. The lowest BCUT2D eigenvalue weighted by Gasteiger charge is -2.20. The first kappa shape index (κ1) is 51.9. The van der Waals surface area contributed by atoms with Crippen molar-refractivity contribution in [3.05, 3.63) is 72.9 Å². The number of carboxylic acids is 1. The number of carboxylic acid groups (broad SMARTS) is 1. The van der Waals surface area contributed by atoms with Crippen molar-refractivity contribution in [3.8, 4) is 0 Å². The largest absolute Gasteiger partial charge is 0.480 e. The number of hydrogen-bond donors (Lipinski definition) is 3. The SMILES string of the molecule is CC/C=C\C/C=C\C/C=C\C/C=C\CCC(=O)OC(COC(=O)CCCCCCCCC/C=C\C/C=C\CCCCCC)COP(=O)(O)OCC(N)C(=O)O. The van der Waals surface area contributed by atoms with Gasteiger partial charge in [-0.25, -0.2) is 4.57 Å². The maximum Gasteiger partial charge on any atom is 0.472 e. The highest BCUT2D eigenvalue weighted by Gasteiger charge is 2.28. The molecule has 12 heteroatoms. The number of unbranched alkanes of at least 4 members (excludes halogenated alkanes) is 11. The number of allylic oxidation sites excluding steroid dienone is 12. The van der Waals surface area contributed by atoms with Gasteiger partial charge in [-0.1, -0.05) is 138 Å². The van der Waals surface area contributed by atoms with Crippen molar-refractivity contribution in [2.45, 2.75) is 161 Å². The Labute approximate surface area is 331 Å². The topological polar surface area (TPSA) is 172 Å². The zero-order valence-electron chi connectivity index (χ0n) is 33.7. The van der Waals surface area contributed by atoms with Crippen molar-refractivity contribution in [2.75, 3.05) is 19.8 Å². The zero-order chi connectivity index (χ0) is 40.7. The van der Waals surface area contributed by atoms with Crippen molar-refractivity contribution < 1.29 is 47.5 Å². The summed E-state index contributed by atoms with van der Waals surface area (Å²) in [6.07, 6.45) is 44.2. The van der Waals surface area contributed by atoms with Gasteiger partial charge in [-0.05, 0) is 70.6 Å². The molecule has 0 amide bonds. The first-order valence-corrected chi connectivity index (χ1v) is 22.0. The molecule has 0 aliphatic rings. The Kier molecular flexibility index (Phi) is 35.7. The molecule has 11 nitrogen and oxygen atoms in total. The van der Waals surface area contributed by atoms with Crippen LogP contribution in [0.2, 0.25) is 0 Å². The fourth-order valence-corrected chi connectivity index (χ4v) is 5.77. The highest BCUT2D eigenvalue weighted by molar-refractivity contribution is 7.47. The van der Waals surface area contributed by atoms with Gasteiger partial charge in [0.15, 0.2) is 6.10 Å². The van der Waals surface area contributed by atoms with Gasteiger partial charge in [-0.2, -0.15) is 0 Å². The van der Waals surface area contributed by atoms with Crippen molar-refractivity contribution in [1.29, 1.82) is 0 Å².